The number of aromatic nitrogens is 1. The van der Waals surface area contributed by atoms with Gasteiger partial charge >= 0.3 is 0 Å². The van der Waals surface area contributed by atoms with Gasteiger partial charge in [0.05, 0.1) is 10.7 Å². The summed E-state index contributed by atoms with van der Waals surface area (Å²) in [6.45, 7) is 0. The normalized spacial score (nSPS) is 10.5. The number of nitrogens with zero attached hydrogens (tertiary/aromatic N) is 1. The molecule has 0 saturated heterocycles. The first-order valence-corrected chi connectivity index (χ1v) is 7.13. The third-order valence-electron chi connectivity index (χ3n) is 3.21. The van der Waals surface area contributed by atoms with Gasteiger partial charge in [-0.1, -0.05) is 36.0 Å². The molecule has 1 aromatic heterocycles. The van der Waals surface area contributed by atoms with Crippen molar-refractivity contribution in [1.29, 1.82) is 0 Å². The molecule has 5 heteroatoms. The summed E-state index contributed by atoms with van der Waals surface area (Å²) in [7, 11) is 0. The van der Waals surface area contributed by atoms with Crippen molar-refractivity contribution in [3.63, 3.8) is 0 Å². The molecule has 0 aliphatic heterocycles. The Morgan fingerprint density at radius 3 is 2.76 bits per heavy atom. The summed E-state index contributed by atoms with van der Waals surface area (Å²) >= 11 is 11.2. The molecule has 104 valence electrons. The highest BCUT2D eigenvalue weighted by Gasteiger charge is 2.06. The molecule has 0 radical (unpaired) electrons. The lowest BCUT2D eigenvalue weighted by molar-refractivity contribution is 1.36. The summed E-state index contributed by atoms with van der Waals surface area (Å²) in [5, 5.41) is 6.05. The van der Waals surface area contributed by atoms with Crippen molar-refractivity contribution < 1.29 is 0 Å². The summed E-state index contributed by atoms with van der Waals surface area (Å²) in [6, 6.07) is 13.5. The van der Waals surface area contributed by atoms with Gasteiger partial charge in [0.2, 0.25) is 0 Å². The minimum absolute atomic E-state index is 0.331. The molecule has 0 aliphatic rings. The molecule has 0 atom stereocenters. The molecule has 0 bridgehead atoms. The molecule has 0 spiro atoms. The number of thiocarbonyl (C=S) groups is 1. The van der Waals surface area contributed by atoms with E-state index in [4.69, 9.17) is 29.6 Å². The lowest BCUT2D eigenvalue weighted by atomic mass is 10.1. The first kappa shape index (κ1) is 13.8. The molecule has 0 unspecified atom stereocenters. The Kier molecular flexibility index (Phi) is 3.73. The zero-order valence-electron chi connectivity index (χ0n) is 11.0. The fourth-order valence-electron chi connectivity index (χ4n) is 2.14. The first-order valence-electron chi connectivity index (χ1n) is 6.34. The molecule has 3 nitrogen and oxygen atoms in total. The Labute approximate surface area is 132 Å². The first-order chi connectivity index (χ1) is 10.1. The van der Waals surface area contributed by atoms with Crippen LogP contribution < -0.4 is 11.1 Å². The largest absolute Gasteiger partial charge is 0.389 e. The molecule has 0 aliphatic carbocycles. The average Bonchev–Trinajstić information content (AvgIpc) is 2.49. The van der Waals surface area contributed by atoms with Crippen LogP contribution in [0.5, 0.6) is 0 Å². The predicted molar refractivity (Wildman–Crippen MR) is 92.4 cm³/mol. The van der Waals surface area contributed by atoms with Gasteiger partial charge < -0.3 is 11.1 Å². The van der Waals surface area contributed by atoms with E-state index in [0.29, 0.717) is 10.0 Å². The lowest BCUT2D eigenvalue weighted by Gasteiger charge is -2.12. The van der Waals surface area contributed by atoms with Gasteiger partial charge in [-0.25, -0.2) is 0 Å². The molecule has 0 fully saturated rings. The monoisotopic (exact) mass is 313 g/mol. The zero-order valence-corrected chi connectivity index (χ0v) is 12.6. The highest BCUT2D eigenvalue weighted by atomic mass is 35.5. The third-order valence-corrected chi connectivity index (χ3v) is 3.75. The van der Waals surface area contributed by atoms with Gasteiger partial charge in [0.15, 0.2) is 0 Å². The van der Waals surface area contributed by atoms with E-state index in [2.05, 4.69) is 10.3 Å². The van der Waals surface area contributed by atoms with Crippen molar-refractivity contribution in [2.45, 2.75) is 0 Å². The van der Waals surface area contributed by atoms with Crippen molar-refractivity contribution in [1.82, 2.24) is 4.98 Å². The lowest BCUT2D eigenvalue weighted by Crippen LogP contribution is -2.09. The summed E-state index contributed by atoms with van der Waals surface area (Å²) in [5.41, 5.74) is 8.10. The van der Waals surface area contributed by atoms with Gasteiger partial charge in [-0.05, 0) is 35.7 Å². The standard InChI is InChI=1S/C16H12ClN3S/c17-13-8-11(16(18)21)4-5-15(13)20-14-3-1-2-10-6-7-19-9-12(10)14/h1-9,20H,(H2,18,21). The summed E-state index contributed by atoms with van der Waals surface area (Å²) in [6.07, 6.45) is 3.60. The topological polar surface area (TPSA) is 50.9 Å². The van der Waals surface area contributed by atoms with Crippen LogP contribution in [0.1, 0.15) is 5.56 Å². The summed E-state index contributed by atoms with van der Waals surface area (Å²) in [5.74, 6) is 0. The number of nitrogens with one attached hydrogen (secondary N) is 1. The van der Waals surface area contributed by atoms with Crippen LogP contribution in [0.4, 0.5) is 11.4 Å². The quantitative estimate of drug-likeness (QED) is 0.709. The van der Waals surface area contributed by atoms with Gasteiger partial charge in [-0.15, -0.1) is 0 Å². The second kappa shape index (κ2) is 5.68. The van der Waals surface area contributed by atoms with Gasteiger partial charge in [-0.2, -0.15) is 0 Å². The van der Waals surface area contributed by atoms with Crippen molar-refractivity contribution in [2.24, 2.45) is 5.73 Å². The Morgan fingerprint density at radius 2 is 2.00 bits per heavy atom. The van der Waals surface area contributed by atoms with E-state index in [0.717, 1.165) is 27.7 Å². The van der Waals surface area contributed by atoms with Crippen molar-refractivity contribution >= 4 is 51.0 Å². The minimum atomic E-state index is 0.331. The van der Waals surface area contributed by atoms with Crippen LogP contribution in [-0.2, 0) is 0 Å². The number of hydrogen-bond acceptors (Lipinski definition) is 3. The Morgan fingerprint density at radius 1 is 1.14 bits per heavy atom. The number of pyridine rings is 1. The number of fused-ring (bicyclic) bond motifs is 1. The van der Waals surface area contributed by atoms with Gasteiger partial charge in [-0.3, -0.25) is 4.98 Å². The SMILES string of the molecule is NC(=S)c1ccc(Nc2cccc3ccncc23)c(Cl)c1. The smallest absolute Gasteiger partial charge is 0.104 e. The number of hydrogen-bond donors (Lipinski definition) is 2. The van der Waals surface area contributed by atoms with Gasteiger partial charge in [0, 0.05) is 29.0 Å². The van der Waals surface area contributed by atoms with Crippen LogP contribution >= 0.6 is 23.8 Å². The van der Waals surface area contributed by atoms with E-state index in [9.17, 15) is 0 Å². The third kappa shape index (κ3) is 2.82. The van der Waals surface area contributed by atoms with E-state index in [1.165, 1.54) is 0 Å². The molecule has 3 aromatic rings. The molecule has 2 aromatic carbocycles. The molecule has 0 saturated carbocycles. The summed E-state index contributed by atoms with van der Waals surface area (Å²) < 4.78 is 0. The second-order valence-corrected chi connectivity index (χ2v) is 5.43. The number of anilines is 2. The Balaban J connectivity index is 2.01. The number of nitrogens with two attached hydrogens (primary N) is 1. The van der Waals surface area contributed by atoms with Crippen molar-refractivity contribution in [3.8, 4) is 0 Å². The van der Waals surface area contributed by atoms with Crippen LogP contribution in [0, 0.1) is 0 Å². The van der Waals surface area contributed by atoms with E-state index >= 15 is 0 Å². The fourth-order valence-corrected chi connectivity index (χ4v) is 2.49. The highest BCUT2D eigenvalue weighted by Crippen LogP contribution is 2.30. The van der Waals surface area contributed by atoms with Crippen LogP contribution in [-0.4, -0.2) is 9.97 Å². The average molecular weight is 314 g/mol. The molecular formula is C16H12ClN3S. The number of benzene rings is 2. The van der Waals surface area contributed by atoms with Crippen LogP contribution in [0.15, 0.2) is 54.9 Å². The maximum atomic E-state index is 6.28. The van der Waals surface area contributed by atoms with Crippen LogP contribution in [0.3, 0.4) is 0 Å². The number of rotatable bonds is 3. The van der Waals surface area contributed by atoms with Crippen molar-refractivity contribution in [3.05, 3.63) is 65.4 Å². The van der Waals surface area contributed by atoms with E-state index in [1.54, 1.807) is 12.3 Å². The Hall–Kier alpha value is -2.17. The molecule has 0 amide bonds. The van der Waals surface area contributed by atoms with Crippen LogP contribution in [0.25, 0.3) is 10.8 Å². The van der Waals surface area contributed by atoms with E-state index in [-0.39, 0.29) is 0 Å². The van der Waals surface area contributed by atoms with E-state index in [1.807, 2.05) is 42.6 Å². The molecular weight excluding hydrogens is 302 g/mol. The van der Waals surface area contributed by atoms with Gasteiger partial charge in [0.1, 0.15) is 4.99 Å². The second-order valence-electron chi connectivity index (χ2n) is 4.59. The molecule has 21 heavy (non-hydrogen) atoms. The molecule has 3 rings (SSSR count). The summed E-state index contributed by atoms with van der Waals surface area (Å²) in [4.78, 5) is 4.50. The Bertz CT molecular complexity index is 827. The predicted octanol–water partition coefficient (Wildman–Crippen LogP) is 4.27. The van der Waals surface area contributed by atoms with Crippen molar-refractivity contribution in [2.75, 3.05) is 5.32 Å². The maximum Gasteiger partial charge on any atom is 0.104 e. The van der Waals surface area contributed by atoms with Crippen LogP contribution in [0.2, 0.25) is 5.02 Å². The minimum Gasteiger partial charge on any atom is -0.389 e. The highest BCUT2D eigenvalue weighted by molar-refractivity contribution is 7.80. The molecule has 1 heterocycles. The fraction of sp³-hybridized carbons (Fsp3) is 0. The van der Waals surface area contributed by atoms with Gasteiger partial charge in [0.25, 0.3) is 0 Å². The molecule has 3 N–H and O–H groups in total. The van der Waals surface area contributed by atoms with E-state index < -0.39 is 0 Å². The maximum absolute atomic E-state index is 6.28. The zero-order chi connectivity index (χ0) is 14.8. The number of halogens is 1.